The van der Waals surface area contributed by atoms with Crippen molar-refractivity contribution in [2.24, 2.45) is 5.73 Å². The number of aromatic nitrogens is 2. The number of nitrogens with zero attached hydrogens (tertiary/aromatic N) is 4. The Hall–Kier alpha value is -4.09. The van der Waals surface area contributed by atoms with E-state index < -0.39 is 17.6 Å². The number of likely N-dealkylation sites (N-methyl/N-ethyl adjacent to an activating group) is 1. The standard InChI is InChI=1S/C26H30FN7O3/c1-17(33-13-11-32(2)12-14-33)15-29-26(37)23-22(24(28)35)30-16-34(23)21-9-7-20(8-10-21)31-25(36)18-3-5-19(27)6-4-18/h3-10,16-17H,11-15H2,1-2H3,(H2,28,35)(H,29,37)(H,31,36). The highest BCUT2D eigenvalue weighted by molar-refractivity contribution is 6.05. The maximum absolute atomic E-state index is 13.2. The summed E-state index contributed by atoms with van der Waals surface area (Å²) >= 11 is 0. The Morgan fingerprint density at radius 1 is 1.00 bits per heavy atom. The van der Waals surface area contributed by atoms with Crippen molar-refractivity contribution in [1.82, 2.24) is 24.7 Å². The van der Waals surface area contributed by atoms with Crippen molar-refractivity contribution < 1.29 is 18.8 Å². The lowest BCUT2D eigenvalue weighted by Gasteiger charge is -2.36. The van der Waals surface area contributed by atoms with Crippen LogP contribution in [0.5, 0.6) is 0 Å². The average molecular weight is 508 g/mol. The molecule has 4 rings (SSSR count). The van der Waals surface area contributed by atoms with Gasteiger partial charge in [0.2, 0.25) is 0 Å². The molecule has 3 aromatic rings. The van der Waals surface area contributed by atoms with Gasteiger partial charge in [0.15, 0.2) is 5.69 Å². The van der Waals surface area contributed by atoms with Crippen LogP contribution in [-0.4, -0.2) is 82.9 Å². The van der Waals surface area contributed by atoms with E-state index >= 15 is 0 Å². The minimum atomic E-state index is -0.806. The first-order valence-electron chi connectivity index (χ1n) is 12.0. The Balaban J connectivity index is 1.47. The molecule has 0 saturated carbocycles. The summed E-state index contributed by atoms with van der Waals surface area (Å²) in [5.74, 6) is -2.08. The van der Waals surface area contributed by atoms with Crippen molar-refractivity contribution in [3.8, 4) is 5.69 Å². The molecule has 2 heterocycles. The SMILES string of the molecule is CC(CNC(=O)c1c(C(N)=O)ncn1-c1ccc(NC(=O)c2ccc(F)cc2)cc1)N1CCN(C)CC1. The zero-order valence-electron chi connectivity index (χ0n) is 20.8. The largest absolute Gasteiger partial charge is 0.364 e. The number of carbonyl (C=O) groups is 3. The van der Waals surface area contributed by atoms with E-state index in [1.54, 1.807) is 24.3 Å². The maximum atomic E-state index is 13.2. The molecular formula is C26H30FN7O3. The number of halogens is 1. The number of primary amides is 1. The summed E-state index contributed by atoms with van der Waals surface area (Å²) in [5, 5.41) is 5.65. The van der Waals surface area contributed by atoms with E-state index in [9.17, 15) is 18.8 Å². The number of imidazole rings is 1. The maximum Gasteiger partial charge on any atom is 0.270 e. The molecule has 0 bridgehead atoms. The van der Waals surface area contributed by atoms with Gasteiger partial charge in [-0.15, -0.1) is 0 Å². The second-order valence-corrected chi connectivity index (χ2v) is 9.08. The van der Waals surface area contributed by atoms with Crippen LogP contribution in [-0.2, 0) is 0 Å². The summed E-state index contributed by atoms with van der Waals surface area (Å²) < 4.78 is 14.6. The van der Waals surface area contributed by atoms with Gasteiger partial charge in [0.25, 0.3) is 17.7 Å². The Morgan fingerprint density at radius 2 is 1.65 bits per heavy atom. The van der Waals surface area contributed by atoms with Crippen LogP contribution in [0.1, 0.15) is 38.3 Å². The summed E-state index contributed by atoms with van der Waals surface area (Å²) in [6, 6.07) is 12.0. The minimum Gasteiger partial charge on any atom is -0.364 e. The van der Waals surface area contributed by atoms with Crippen LogP contribution in [0.25, 0.3) is 5.69 Å². The third-order valence-electron chi connectivity index (χ3n) is 6.44. The molecule has 194 valence electrons. The first-order valence-corrected chi connectivity index (χ1v) is 12.0. The van der Waals surface area contributed by atoms with E-state index in [2.05, 4.69) is 39.4 Å². The van der Waals surface area contributed by atoms with Crippen molar-refractivity contribution in [1.29, 1.82) is 0 Å². The number of nitrogens with one attached hydrogen (secondary N) is 2. The molecule has 1 aromatic heterocycles. The molecule has 1 fully saturated rings. The number of hydrogen-bond acceptors (Lipinski definition) is 6. The third-order valence-corrected chi connectivity index (χ3v) is 6.44. The van der Waals surface area contributed by atoms with E-state index in [1.807, 2.05) is 0 Å². The summed E-state index contributed by atoms with van der Waals surface area (Å²) in [6.45, 7) is 6.23. The minimum absolute atomic E-state index is 0.0428. The fourth-order valence-electron chi connectivity index (χ4n) is 4.17. The van der Waals surface area contributed by atoms with Crippen LogP contribution in [0.15, 0.2) is 54.9 Å². The highest BCUT2D eigenvalue weighted by Gasteiger charge is 2.25. The summed E-state index contributed by atoms with van der Waals surface area (Å²) in [4.78, 5) is 46.2. The van der Waals surface area contributed by atoms with E-state index in [0.717, 1.165) is 26.2 Å². The lowest BCUT2D eigenvalue weighted by molar-refractivity contribution is 0.0887. The molecule has 1 unspecified atom stereocenters. The summed E-state index contributed by atoms with van der Waals surface area (Å²) in [7, 11) is 2.09. The van der Waals surface area contributed by atoms with Gasteiger partial charge in [0.1, 0.15) is 17.8 Å². The van der Waals surface area contributed by atoms with Crippen molar-refractivity contribution in [2.45, 2.75) is 13.0 Å². The van der Waals surface area contributed by atoms with Crippen LogP contribution in [0.2, 0.25) is 0 Å². The molecule has 11 heteroatoms. The van der Waals surface area contributed by atoms with E-state index in [1.165, 1.54) is 35.2 Å². The van der Waals surface area contributed by atoms with E-state index in [-0.39, 0.29) is 23.3 Å². The van der Waals surface area contributed by atoms with Gasteiger partial charge in [-0.1, -0.05) is 0 Å². The zero-order valence-corrected chi connectivity index (χ0v) is 20.8. The highest BCUT2D eigenvalue weighted by Crippen LogP contribution is 2.19. The number of carbonyl (C=O) groups excluding carboxylic acids is 3. The van der Waals surface area contributed by atoms with E-state index in [4.69, 9.17) is 5.73 Å². The molecule has 10 nitrogen and oxygen atoms in total. The second kappa shape index (κ2) is 11.3. The van der Waals surface area contributed by atoms with Gasteiger partial charge in [-0.05, 0) is 62.5 Å². The van der Waals surface area contributed by atoms with Crippen LogP contribution in [0.4, 0.5) is 10.1 Å². The first-order chi connectivity index (χ1) is 17.7. The van der Waals surface area contributed by atoms with Crippen LogP contribution in [0.3, 0.4) is 0 Å². The number of hydrogen-bond donors (Lipinski definition) is 3. The van der Waals surface area contributed by atoms with Crippen molar-refractivity contribution in [3.63, 3.8) is 0 Å². The van der Waals surface area contributed by atoms with Gasteiger partial charge in [-0.2, -0.15) is 0 Å². The van der Waals surface area contributed by atoms with Gasteiger partial charge in [-0.25, -0.2) is 9.37 Å². The monoisotopic (exact) mass is 507 g/mol. The Morgan fingerprint density at radius 3 is 2.27 bits per heavy atom. The molecule has 0 aliphatic carbocycles. The number of anilines is 1. The summed E-state index contributed by atoms with van der Waals surface area (Å²) in [5.41, 5.74) is 6.78. The van der Waals surface area contributed by atoms with Crippen LogP contribution < -0.4 is 16.4 Å². The quantitative estimate of drug-likeness (QED) is 0.426. The number of benzene rings is 2. The molecule has 37 heavy (non-hydrogen) atoms. The Bertz CT molecular complexity index is 1270. The van der Waals surface area contributed by atoms with Crippen molar-refractivity contribution in [2.75, 3.05) is 45.1 Å². The number of amides is 3. The number of nitrogens with two attached hydrogens (primary N) is 1. The van der Waals surface area contributed by atoms with Gasteiger partial charge in [0, 0.05) is 55.7 Å². The molecule has 0 radical (unpaired) electrons. The zero-order chi connectivity index (χ0) is 26.5. The molecule has 1 aliphatic heterocycles. The molecule has 4 N–H and O–H groups in total. The molecule has 1 aliphatic rings. The smallest absolute Gasteiger partial charge is 0.270 e. The Kier molecular flexibility index (Phi) is 7.95. The highest BCUT2D eigenvalue weighted by atomic mass is 19.1. The third kappa shape index (κ3) is 6.19. The van der Waals surface area contributed by atoms with Crippen LogP contribution in [0, 0.1) is 5.82 Å². The second-order valence-electron chi connectivity index (χ2n) is 9.08. The van der Waals surface area contributed by atoms with Crippen molar-refractivity contribution in [3.05, 3.63) is 77.6 Å². The van der Waals surface area contributed by atoms with Gasteiger partial charge in [0.05, 0.1) is 0 Å². The average Bonchev–Trinajstić information content (AvgIpc) is 3.34. The molecule has 1 atom stereocenters. The number of rotatable bonds is 8. The fraction of sp³-hybridized carbons (Fsp3) is 0.308. The topological polar surface area (TPSA) is 126 Å². The number of piperazine rings is 1. The van der Waals surface area contributed by atoms with Gasteiger partial charge < -0.3 is 21.3 Å². The predicted octanol–water partition coefficient (Wildman–Crippen LogP) is 1.73. The summed E-state index contributed by atoms with van der Waals surface area (Å²) in [6.07, 6.45) is 1.37. The first kappa shape index (κ1) is 26.0. The predicted molar refractivity (Wildman–Crippen MR) is 137 cm³/mol. The van der Waals surface area contributed by atoms with Crippen LogP contribution >= 0.6 is 0 Å². The van der Waals surface area contributed by atoms with E-state index in [0.29, 0.717) is 23.5 Å². The van der Waals surface area contributed by atoms with Gasteiger partial charge in [-0.3, -0.25) is 23.9 Å². The lowest BCUT2D eigenvalue weighted by atomic mass is 10.2. The Labute approximate surface area is 214 Å². The molecule has 2 aromatic carbocycles. The lowest BCUT2D eigenvalue weighted by Crippen LogP contribution is -2.51. The molecular weight excluding hydrogens is 477 g/mol. The normalized spacial score (nSPS) is 15.2. The van der Waals surface area contributed by atoms with Crippen molar-refractivity contribution >= 4 is 23.4 Å². The molecule has 0 spiro atoms. The molecule has 3 amide bonds. The molecule has 1 saturated heterocycles. The van der Waals surface area contributed by atoms with Gasteiger partial charge >= 0.3 is 0 Å². The fourth-order valence-corrected chi connectivity index (χ4v) is 4.17.